The Hall–Kier alpha value is -1.10. The molecule has 0 atom stereocenters. The minimum absolute atomic E-state index is 0.0386. The van der Waals surface area contributed by atoms with Gasteiger partial charge in [0.1, 0.15) is 0 Å². The van der Waals surface area contributed by atoms with E-state index in [0.29, 0.717) is 25.6 Å². The zero-order valence-electron chi connectivity index (χ0n) is 13.9. The predicted octanol–water partition coefficient (Wildman–Crippen LogP) is 1.63. The molecule has 0 unspecified atom stereocenters. The van der Waals surface area contributed by atoms with Crippen molar-refractivity contribution in [1.29, 1.82) is 0 Å². The van der Waals surface area contributed by atoms with Crippen LogP contribution in [0.25, 0.3) is 0 Å². The Morgan fingerprint density at radius 1 is 1.05 bits per heavy atom. The number of carbonyl (C=O) groups is 2. The highest BCUT2D eigenvalue weighted by atomic mass is 16.2. The second-order valence-electron chi connectivity index (χ2n) is 6.26. The van der Waals surface area contributed by atoms with Crippen molar-refractivity contribution in [3.63, 3.8) is 0 Å². The van der Waals surface area contributed by atoms with Gasteiger partial charge in [-0.15, -0.1) is 0 Å². The first-order chi connectivity index (χ1) is 10.0. The highest BCUT2D eigenvalue weighted by Gasteiger charge is 2.22. The van der Waals surface area contributed by atoms with Crippen LogP contribution in [0.3, 0.4) is 0 Å². The second-order valence-corrected chi connectivity index (χ2v) is 6.26. The van der Waals surface area contributed by atoms with Crippen molar-refractivity contribution in [2.24, 2.45) is 0 Å². The fourth-order valence-electron chi connectivity index (χ4n) is 2.90. The molecular formula is C16H31N3O2. The number of nitrogens with one attached hydrogen (secondary N) is 1. The van der Waals surface area contributed by atoms with Gasteiger partial charge in [-0.1, -0.05) is 25.7 Å². The molecule has 0 aromatic rings. The first-order valence-electron chi connectivity index (χ1n) is 8.19. The monoisotopic (exact) mass is 297 g/mol. The van der Waals surface area contributed by atoms with Crippen molar-refractivity contribution >= 4 is 11.8 Å². The topological polar surface area (TPSA) is 52.7 Å². The lowest BCUT2D eigenvalue weighted by atomic mass is 10.1. The molecule has 0 saturated heterocycles. The third kappa shape index (κ3) is 7.46. The summed E-state index contributed by atoms with van der Waals surface area (Å²) in [5.74, 6) is 0.139. The van der Waals surface area contributed by atoms with Crippen molar-refractivity contribution in [3.05, 3.63) is 0 Å². The molecule has 5 heteroatoms. The summed E-state index contributed by atoms with van der Waals surface area (Å²) in [7, 11) is 3.96. The van der Waals surface area contributed by atoms with E-state index in [4.69, 9.17) is 0 Å². The first kappa shape index (κ1) is 18.0. The molecule has 0 aliphatic heterocycles. The molecule has 0 bridgehead atoms. The van der Waals surface area contributed by atoms with E-state index < -0.39 is 0 Å². The van der Waals surface area contributed by atoms with Crippen molar-refractivity contribution in [2.75, 3.05) is 33.7 Å². The normalized spacial score (nSPS) is 16.6. The van der Waals surface area contributed by atoms with E-state index in [2.05, 4.69) is 5.32 Å². The van der Waals surface area contributed by atoms with Crippen LogP contribution in [0.5, 0.6) is 0 Å². The molecule has 5 nitrogen and oxygen atoms in total. The smallest absolute Gasteiger partial charge is 0.221 e. The first-order valence-corrected chi connectivity index (χ1v) is 8.19. The maximum absolute atomic E-state index is 11.9. The van der Waals surface area contributed by atoms with E-state index in [0.717, 1.165) is 19.4 Å². The third-order valence-corrected chi connectivity index (χ3v) is 4.13. The van der Waals surface area contributed by atoms with E-state index in [9.17, 15) is 9.59 Å². The number of hydrogen-bond donors (Lipinski definition) is 1. The Morgan fingerprint density at radius 3 is 2.19 bits per heavy atom. The predicted molar refractivity (Wildman–Crippen MR) is 85.1 cm³/mol. The molecule has 1 fully saturated rings. The van der Waals surface area contributed by atoms with E-state index in [1.807, 2.05) is 23.9 Å². The Morgan fingerprint density at radius 2 is 1.67 bits per heavy atom. The quantitative estimate of drug-likeness (QED) is 0.727. The largest absolute Gasteiger partial charge is 0.355 e. The molecule has 2 amide bonds. The van der Waals surface area contributed by atoms with Crippen LogP contribution < -0.4 is 5.32 Å². The van der Waals surface area contributed by atoms with Gasteiger partial charge in [-0.25, -0.2) is 0 Å². The molecular weight excluding hydrogens is 266 g/mol. The standard InChI is InChI=1S/C16H31N3O2/c1-14(20)19(15-8-6-4-5-7-9-15)12-10-16(21)17-11-13-18(2)3/h15H,4-13H2,1-3H3,(H,17,21). The van der Waals surface area contributed by atoms with Gasteiger partial charge in [-0.05, 0) is 26.9 Å². The summed E-state index contributed by atoms with van der Waals surface area (Å²) < 4.78 is 0. The van der Waals surface area contributed by atoms with Crippen LogP contribution in [-0.4, -0.2) is 61.4 Å². The Balaban J connectivity index is 2.36. The van der Waals surface area contributed by atoms with E-state index in [1.165, 1.54) is 25.7 Å². The molecule has 21 heavy (non-hydrogen) atoms. The van der Waals surface area contributed by atoms with Gasteiger partial charge >= 0.3 is 0 Å². The molecule has 0 aromatic heterocycles. The van der Waals surface area contributed by atoms with Crippen LogP contribution in [0.1, 0.15) is 51.9 Å². The third-order valence-electron chi connectivity index (χ3n) is 4.13. The van der Waals surface area contributed by atoms with E-state index >= 15 is 0 Å². The van der Waals surface area contributed by atoms with Crippen LogP contribution in [0.4, 0.5) is 0 Å². The summed E-state index contributed by atoms with van der Waals surface area (Å²) in [6, 6.07) is 0.333. The summed E-state index contributed by atoms with van der Waals surface area (Å²) in [4.78, 5) is 27.6. The molecule has 1 N–H and O–H groups in total. The summed E-state index contributed by atoms with van der Waals surface area (Å²) >= 11 is 0. The summed E-state index contributed by atoms with van der Waals surface area (Å²) in [6.07, 6.45) is 7.51. The second kappa shape index (κ2) is 9.77. The zero-order chi connectivity index (χ0) is 15.7. The van der Waals surface area contributed by atoms with E-state index in [-0.39, 0.29) is 11.8 Å². The molecule has 1 rings (SSSR count). The van der Waals surface area contributed by atoms with Gasteiger partial charge in [0.05, 0.1) is 0 Å². The number of amides is 2. The lowest BCUT2D eigenvalue weighted by Gasteiger charge is -2.30. The fraction of sp³-hybridized carbons (Fsp3) is 0.875. The van der Waals surface area contributed by atoms with Crippen molar-refractivity contribution in [1.82, 2.24) is 15.1 Å². The minimum Gasteiger partial charge on any atom is -0.355 e. The van der Waals surface area contributed by atoms with Gasteiger partial charge in [-0.3, -0.25) is 9.59 Å². The molecule has 0 radical (unpaired) electrons. The maximum atomic E-state index is 11.9. The molecule has 0 spiro atoms. The fourth-order valence-corrected chi connectivity index (χ4v) is 2.90. The van der Waals surface area contributed by atoms with Gasteiger partial charge in [-0.2, -0.15) is 0 Å². The van der Waals surface area contributed by atoms with Crippen LogP contribution >= 0.6 is 0 Å². The molecule has 0 aromatic carbocycles. The summed E-state index contributed by atoms with van der Waals surface area (Å²) in [5, 5.41) is 2.90. The number of hydrogen-bond acceptors (Lipinski definition) is 3. The van der Waals surface area contributed by atoms with Crippen LogP contribution in [-0.2, 0) is 9.59 Å². The Labute approximate surface area is 129 Å². The SMILES string of the molecule is CC(=O)N(CCC(=O)NCCN(C)C)C1CCCCCC1. The van der Waals surface area contributed by atoms with Gasteiger partial charge in [0.25, 0.3) is 0 Å². The van der Waals surface area contributed by atoms with Crippen molar-refractivity contribution in [2.45, 2.75) is 57.9 Å². The van der Waals surface area contributed by atoms with Gasteiger partial charge in [0.15, 0.2) is 0 Å². The molecule has 122 valence electrons. The summed E-state index contributed by atoms with van der Waals surface area (Å²) in [5.41, 5.74) is 0. The Bertz CT molecular complexity index is 323. The number of nitrogens with zero attached hydrogens (tertiary/aromatic N) is 2. The number of likely N-dealkylation sites (N-methyl/N-ethyl adjacent to an activating group) is 1. The highest BCUT2D eigenvalue weighted by molar-refractivity contribution is 5.78. The average molecular weight is 297 g/mol. The number of rotatable bonds is 7. The van der Waals surface area contributed by atoms with Gasteiger partial charge < -0.3 is 15.1 Å². The van der Waals surface area contributed by atoms with Gasteiger partial charge in [0, 0.05) is 39.0 Å². The lowest BCUT2D eigenvalue weighted by molar-refractivity contribution is -0.132. The van der Waals surface area contributed by atoms with E-state index in [1.54, 1.807) is 6.92 Å². The van der Waals surface area contributed by atoms with Crippen LogP contribution in [0.2, 0.25) is 0 Å². The molecule has 0 heterocycles. The maximum Gasteiger partial charge on any atom is 0.221 e. The lowest BCUT2D eigenvalue weighted by Crippen LogP contribution is -2.41. The summed E-state index contributed by atoms with van der Waals surface area (Å²) in [6.45, 7) is 3.67. The molecule has 1 aliphatic carbocycles. The minimum atomic E-state index is 0.0386. The van der Waals surface area contributed by atoms with Gasteiger partial charge in [0.2, 0.25) is 11.8 Å². The molecule has 1 saturated carbocycles. The Kier molecular flexibility index (Phi) is 8.35. The van der Waals surface area contributed by atoms with Crippen LogP contribution in [0, 0.1) is 0 Å². The highest BCUT2D eigenvalue weighted by Crippen LogP contribution is 2.22. The van der Waals surface area contributed by atoms with Crippen molar-refractivity contribution in [3.8, 4) is 0 Å². The molecule has 1 aliphatic rings. The van der Waals surface area contributed by atoms with Crippen LogP contribution in [0.15, 0.2) is 0 Å². The zero-order valence-corrected chi connectivity index (χ0v) is 13.9. The average Bonchev–Trinajstić information content (AvgIpc) is 2.67. The van der Waals surface area contributed by atoms with Crippen molar-refractivity contribution < 1.29 is 9.59 Å². The number of carbonyl (C=O) groups excluding carboxylic acids is 2.